The Labute approximate surface area is 334 Å². The van der Waals surface area contributed by atoms with Gasteiger partial charge < -0.3 is 25.7 Å². The highest BCUT2D eigenvalue weighted by molar-refractivity contribution is 5.80. The summed E-state index contributed by atoms with van der Waals surface area (Å²) in [4.78, 5) is 12.5. The fraction of sp³-hybridized carbons (Fsp3) is 0.812. The Morgan fingerprint density at radius 2 is 0.833 bits per heavy atom. The number of hydrogen-bond donors (Lipinski definition) is 5. The molecule has 6 nitrogen and oxygen atoms in total. The van der Waals surface area contributed by atoms with Crippen LogP contribution in [0.5, 0.6) is 0 Å². The van der Waals surface area contributed by atoms with E-state index in [4.69, 9.17) is 0 Å². The second-order valence-corrected chi connectivity index (χ2v) is 15.7. The highest BCUT2D eigenvalue weighted by atomic mass is 16.3. The van der Waals surface area contributed by atoms with E-state index in [1.54, 1.807) is 0 Å². The molecule has 0 fully saturated rings. The summed E-state index contributed by atoms with van der Waals surface area (Å²) in [5.74, 6) is -0.607. The van der Waals surface area contributed by atoms with Gasteiger partial charge in [0.2, 0.25) is 5.91 Å². The number of carbonyl (C=O) groups is 1. The van der Waals surface area contributed by atoms with E-state index in [1.165, 1.54) is 128 Å². The molecule has 0 aromatic heterocycles. The molecule has 0 aliphatic carbocycles. The normalized spacial score (nSPS) is 14.6. The van der Waals surface area contributed by atoms with Gasteiger partial charge >= 0.3 is 0 Å². The molecule has 5 N–H and O–H groups in total. The van der Waals surface area contributed by atoms with Crippen molar-refractivity contribution in [2.24, 2.45) is 0 Å². The minimum Gasteiger partial charge on any atom is -0.394 e. The number of aliphatic hydroxyl groups is 4. The summed E-state index contributed by atoms with van der Waals surface area (Å²) in [6.45, 7) is 4.01. The molecule has 0 heterocycles. The van der Waals surface area contributed by atoms with Crippen molar-refractivity contribution in [1.82, 2.24) is 5.32 Å². The van der Waals surface area contributed by atoms with E-state index < -0.39 is 36.9 Å². The third-order valence-corrected chi connectivity index (χ3v) is 10.5. The standard InChI is InChI=1S/C48H89NO5/c1-3-5-7-9-11-13-15-17-19-21-22-23-24-25-26-28-29-31-33-35-37-39-41-45(51)47(53)44(43-50)49-48(54)46(52)42-40-38-36-34-32-30-27-20-18-16-14-12-10-8-6-4-2/h12,14,18,20,26,28,33,35,44-47,50-53H,3-11,13,15-17,19,21-25,27,29-32,34,36-43H2,1-2H3,(H,49,54)/b14-12-,20-18-,28-26+,35-33+. The third kappa shape index (κ3) is 35.9. The molecule has 0 aromatic rings. The van der Waals surface area contributed by atoms with Gasteiger partial charge in [0.15, 0.2) is 0 Å². The highest BCUT2D eigenvalue weighted by Gasteiger charge is 2.28. The summed E-state index contributed by atoms with van der Waals surface area (Å²) in [5.41, 5.74) is 0. The zero-order valence-corrected chi connectivity index (χ0v) is 35.5. The molecule has 0 aliphatic rings. The van der Waals surface area contributed by atoms with Crippen LogP contribution < -0.4 is 5.32 Å². The smallest absolute Gasteiger partial charge is 0.249 e. The van der Waals surface area contributed by atoms with Crippen LogP contribution in [0, 0.1) is 0 Å². The van der Waals surface area contributed by atoms with E-state index in [-0.39, 0.29) is 0 Å². The quantitative estimate of drug-likeness (QED) is 0.0315. The van der Waals surface area contributed by atoms with Gasteiger partial charge in [-0.1, -0.05) is 184 Å². The van der Waals surface area contributed by atoms with Gasteiger partial charge in [-0.05, 0) is 83.5 Å². The predicted molar refractivity (Wildman–Crippen MR) is 233 cm³/mol. The van der Waals surface area contributed by atoms with Crippen LogP contribution in [-0.2, 0) is 4.79 Å². The van der Waals surface area contributed by atoms with Crippen LogP contribution in [0.1, 0.15) is 219 Å². The van der Waals surface area contributed by atoms with Crippen molar-refractivity contribution in [2.45, 2.75) is 244 Å². The lowest BCUT2D eigenvalue weighted by Gasteiger charge is -2.27. The minimum absolute atomic E-state index is 0.346. The summed E-state index contributed by atoms with van der Waals surface area (Å²) < 4.78 is 0. The highest BCUT2D eigenvalue weighted by Crippen LogP contribution is 2.15. The van der Waals surface area contributed by atoms with Crippen molar-refractivity contribution in [1.29, 1.82) is 0 Å². The molecule has 1 amide bonds. The van der Waals surface area contributed by atoms with Gasteiger partial charge in [-0.3, -0.25) is 4.79 Å². The van der Waals surface area contributed by atoms with Gasteiger partial charge in [-0.15, -0.1) is 0 Å². The lowest BCUT2D eigenvalue weighted by Crippen LogP contribution is -2.53. The first-order chi connectivity index (χ1) is 26.5. The third-order valence-electron chi connectivity index (χ3n) is 10.5. The number of allylic oxidation sites excluding steroid dienone is 8. The van der Waals surface area contributed by atoms with Crippen molar-refractivity contribution in [3.63, 3.8) is 0 Å². The molecule has 4 atom stereocenters. The van der Waals surface area contributed by atoms with Crippen molar-refractivity contribution in [3.05, 3.63) is 48.6 Å². The largest absolute Gasteiger partial charge is 0.394 e. The molecule has 0 saturated heterocycles. The molecule has 54 heavy (non-hydrogen) atoms. The van der Waals surface area contributed by atoms with Gasteiger partial charge in [-0.25, -0.2) is 0 Å². The summed E-state index contributed by atoms with van der Waals surface area (Å²) in [6, 6.07) is -1.01. The average Bonchev–Trinajstić information content (AvgIpc) is 3.18. The molecule has 0 spiro atoms. The topological polar surface area (TPSA) is 110 Å². The van der Waals surface area contributed by atoms with Gasteiger partial charge in [-0.2, -0.15) is 0 Å². The lowest BCUT2D eigenvalue weighted by molar-refractivity contribution is -0.132. The Morgan fingerprint density at radius 3 is 1.31 bits per heavy atom. The Kier molecular flexibility index (Phi) is 41.1. The molecule has 6 heteroatoms. The molecule has 0 rings (SSSR count). The monoisotopic (exact) mass is 760 g/mol. The van der Waals surface area contributed by atoms with Crippen LogP contribution in [0.3, 0.4) is 0 Å². The summed E-state index contributed by atoms with van der Waals surface area (Å²) in [5, 5.41) is 43.7. The Hall–Kier alpha value is -1.73. The number of aliphatic hydroxyl groups excluding tert-OH is 4. The first kappa shape index (κ1) is 52.3. The lowest BCUT2D eigenvalue weighted by atomic mass is 10.00. The zero-order valence-electron chi connectivity index (χ0n) is 35.5. The SMILES string of the molecule is CCCCC/C=C\C/C=C\CCCCCCCCC(O)C(=O)NC(CO)C(O)C(O)CCC/C=C/CC/C=C/CCCCCCCCCCCCCCC. The molecule has 4 unspecified atom stereocenters. The first-order valence-electron chi connectivity index (χ1n) is 23.0. The Balaban J connectivity index is 3.81. The second-order valence-electron chi connectivity index (χ2n) is 15.7. The number of amides is 1. The molecule has 0 aliphatic heterocycles. The molecule has 0 saturated carbocycles. The summed E-state index contributed by atoms with van der Waals surface area (Å²) >= 11 is 0. The average molecular weight is 760 g/mol. The van der Waals surface area contributed by atoms with Gasteiger partial charge in [0, 0.05) is 0 Å². The van der Waals surface area contributed by atoms with Crippen LogP contribution in [0.2, 0.25) is 0 Å². The summed E-state index contributed by atoms with van der Waals surface area (Å²) in [7, 11) is 0. The molecule has 316 valence electrons. The number of hydrogen-bond acceptors (Lipinski definition) is 5. The van der Waals surface area contributed by atoms with Crippen LogP contribution in [0.4, 0.5) is 0 Å². The maximum atomic E-state index is 12.5. The second kappa shape index (κ2) is 42.4. The van der Waals surface area contributed by atoms with Crippen molar-refractivity contribution in [3.8, 4) is 0 Å². The molecule has 0 aromatic carbocycles. The van der Waals surface area contributed by atoms with Crippen LogP contribution >= 0.6 is 0 Å². The number of carbonyl (C=O) groups excluding carboxylic acids is 1. The molecule has 0 bridgehead atoms. The number of unbranched alkanes of at least 4 members (excludes halogenated alkanes) is 24. The van der Waals surface area contributed by atoms with Crippen LogP contribution in [-0.4, -0.2) is 57.3 Å². The summed E-state index contributed by atoms with van der Waals surface area (Å²) in [6.07, 6.45) is 51.4. The van der Waals surface area contributed by atoms with Gasteiger partial charge in [0.25, 0.3) is 0 Å². The van der Waals surface area contributed by atoms with Crippen LogP contribution in [0.25, 0.3) is 0 Å². The number of nitrogens with one attached hydrogen (secondary N) is 1. The molecule has 0 radical (unpaired) electrons. The first-order valence-corrected chi connectivity index (χ1v) is 23.0. The Bertz CT molecular complexity index is 900. The van der Waals surface area contributed by atoms with Crippen molar-refractivity contribution >= 4 is 5.91 Å². The van der Waals surface area contributed by atoms with E-state index >= 15 is 0 Å². The van der Waals surface area contributed by atoms with E-state index in [2.05, 4.69) is 67.8 Å². The maximum absolute atomic E-state index is 12.5. The van der Waals surface area contributed by atoms with E-state index in [0.717, 1.165) is 57.8 Å². The molecular formula is C48H89NO5. The van der Waals surface area contributed by atoms with Crippen molar-refractivity contribution < 1.29 is 25.2 Å². The predicted octanol–water partition coefficient (Wildman–Crippen LogP) is 12.3. The fourth-order valence-corrected chi connectivity index (χ4v) is 6.80. The number of rotatable bonds is 41. The minimum atomic E-state index is -1.29. The van der Waals surface area contributed by atoms with E-state index in [1.807, 2.05) is 0 Å². The Morgan fingerprint density at radius 1 is 0.463 bits per heavy atom. The molecular weight excluding hydrogens is 671 g/mol. The van der Waals surface area contributed by atoms with Gasteiger partial charge in [0.05, 0.1) is 18.8 Å². The zero-order chi connectivity index (χ0) is 39.6. The maximum Gasteiger partial charge on any atom is 0.249 e. The van der Waals surface area contributed by atoms with Crippen molar-refractivity contribution in [2.75, 3.05) is 6.61 Å². The van der Waals surface area contributed by atoms with E-state index in [0.29, 0.717) is 19.3 Å². The van der Waals surface area contributed by atoms with E-state index in [9.17, 15) is 25.2 Å². The van der Waals surface area contributed by atoms with Crippen LogP contribution in [0.15, 0.2) is 48.6 Å². The fourth-order valence-electron chi connectivity index (χ4n) is 6.80. The van der Waals surface area contributed by atoms with Gasteiger partial charge in [0.1, 0.15) is 12.2 Å².